The molecule has 4 rings (SSSR count). The zero-order chi connectivity index (χ0) is 20.4. The van der Waals surface area contributed by atoms with E-state index in [0.717, 1.165) is 33.3 Å². The summed E-state index contributed by atoms with van der Waals surface area (Å²) in [4.78, 5) is 36.8. The average Bonchev–Trinajstić information content (AvgIpc) is 3.46. The normalized spacial score (nSPS) is 15.0. The third-order valence-corrected chi connectivity index (χ3v) is 7.38. The number of rotatable bonds is 6. The molecule has 0 aromatic carbocycles. The predicted octanol–water partition coefficient (Wildman–Crippen LogP) is 4.10. The molecule has 1 fully saturated rings. The van der Waals surface area contributed by atoms with Gasteiger partial charge in [0.2, 0.25) is 17.6 Å². The minimum Gasteiger partial charge on any atom is -0.343 e. The molecule has 1 amide bonds. The Morgan fingerprint density at radius 3 is 2.72 bits per heavy atom. The molecule has 0 radical (unpaired) electrons. The first kappa shape index (κ1) is 19.9. The largest absolute Gasteiger partial charge is 0.343 e. The molecule has 152 valence electrons. The highest BCUT2D eigenvalue weighted by molar-refractivity contribution is 7.14. The molecule has 4 heterocycles. The first-order valence-corrected chi connectivity index (χ1v) is 11.3. The van der Waals surface area contributed by atoms with Gasteiger partial charge in [-0.25, -0.2) is 4.98 Å². The summed E-state index contributed by atoms with van der Waals surface area (Å²) in [5, 5.41) is 6.97. The Balaban J connectivity index is 1.28. The van der Waals surface area contributed by atoms with E-state index in [4.69, 9.17) is 4.52 Å². The number of hydrogen-bond donors (Lipinski definition) is 0. The lowest BCUT2D eigenvalue weighted by Gasteiger charge is -2.31. The van der Waals surface area contributed by atoms with Gasteiger partial charge in [0.15, 0.2) is 5.78 Å². The number of thiophene rings is 1. The summed E-state index contributed by atoms with van der Waals surface area (Å²) in [6.45, 7) is 4.89. The second-order valence-electron chi connectivity index (χ2n) is 7.17. The first-order chi connectivity index (χ1) is 14.0. The molecule has 0 aliphatic carbocycles. The van der Waals surface area contributed by atoms with Gasteiger partial charge in [-0.1, -0.05) is 11.2 Å². The van der Waals surface area contributed by atoms with Crippen molar-refractivity contribution in [2.45, 2.75) is 45.4 Å². The minimum absolute atomic E-state index is 0.0714. The van der Waals surface area contributed by atoms with Crippen molar-refractivity contribution < 1.29 is 14.1 Å². The number of carbonyl (C=O) groups excluding carboxylic acids is 2. The Labute approximate surface area is 176 Å². The van der Waals surface area contributed by atoms with Crippen molar-refractivity contribution in [2.24, 2.45) is 0 Å². The number of aryl methyl sites for hydroxylation is 2. The molecule has 0 bridgehead atoms. The van der Waals surface area contributed by atoms with Crippen molar-refractivity contribution in [3.8, 4) is 10.7 Å². The maximum atomic E-state index is 12.6. The van der Waals surface area contributed by atoms with Crippen LogP contribution in [0.1, 0.15) is 58.4 Å². The Morgan fingerprint density at radius 2 is 2.07 bits per heavy atom. The molecule has 0 unspecified atom stereocenters. The van der Waals surface area contributed by atoms with E-state index in [0.29, 0.717) is 43.6 Å². The monoisotopic (exact) mass is 430 g/mol. The molecule has 1 aliphatic rings. The van der Waals surface area contributed by atoms with Crippen LogP contribution in [0.15, 0.2) is 22.0 Å². The van der Waals surface area contributed by atoms with Crippen molar-refractivity contribution >= 4 is 34.4 Å². The minimum atomic E-state index is 0.0714. The van der Waals surface area contributed by atoms with Crippen molar-refractivity contribution in [3.63, 3.8) is 0 Å². The number of likely N-dealkylation sites (tertiary alicyclic amines) is 1. The van der Waals surface area contributed by atoms with Gasteiger partial charge in [0.25, 0.3) is 0 Å². The summed E-state index contributed by atoms with van der Waals surface area (Å²) < 4.78 is 5.27. The molecular formula is C20H22N4O3S2. The molecule has 3 aromatic rings. The van der Waals surface area contributed by atoms with Gasteiger partial charge in [-0.05, 0) is 31.2 Å². The highest BCUT2D eigenvalue weighted by Gasteiger charge is 2.27. The Morgan fingerprint density at radius 1 is 1.28 bits per heavy atom. The number of ketones is 1. The van der Waals surface area contributed by atoms with Crippen LogP contribution in [-0.4, -0.2) is 44.8 Å². The topological polar surface area (TPSA) is 89.2 Å². The van der Waals surface area contributed by atoms with Crippen LogP contribution in [0.4, 0.5) is 0 Å². The van der Waals surface area contributed by atoms with Crippen molar-refractivity contribution in [2.75, 3.05) is 13.1 Å². The SMILES string of the molecule is CC(=O)c1sc(C2CCN(C(=O)CCc3nc(-c4cccs4)no3)CC2)nc1C. The van der Waals surface area contributed by atoms with Gasteiger partial charge in [0, 0.05) is 38.8 Å². The fourth-order valence-corrected chi connectivity index (χ4v) is 5.31. The van der Waals surface area contributed by atoms with Gasteiger partial charge in [-0.3, -0.25) is 9.59 Å². The maximum absolute atomic E-state index is 12.6. The Kier molecular flexibility index (Phi) is 5.86. The maximum Gasteiger partial charge on any atom is 0.227 e. The lowest BCUT2D eigenvalue weighted by molar-refractivity contribution is -0.132. The van der Waals surface area contributed by atoms with E-state index in [1.807, 2.05) is 29.3 Å². The van der Waals surface area contributed by atoms with E-state index in [1.165, 1.54) is 11.3 Å². The number of hydrogen-bond acceptors (Lipinski definition) is 8. The average molecular weight is 431 g/mol. The summed E-state index contributed by atoms with van der Waals surface area (Å²) in [6, 6.07) is 3.88. The van der Waals surface area contributed by atoms with Crippen molar-refractivity contribution in [3.05, 3.63) is 39.0 Å². The second-order valence-corrected chi connectivity index (χ2v) is 9.15. The summed E-state index contributed by atoms with van der Waals surface area (Å²) >= 11 is 3.06. The quantitative estimate of drug-likeness (QED) is 0.547. The molecule has 0 spiro atoms. The number of Topliss-reactive ketones (excluding diaryl/α,β-unsaturated/α-hetero) is 1. The number of nitrogens with zero attached hydrogens (tertiary/aromatic N) is 4. The lowest BCUT2D eigenvalue weighted by atomic mass is 9.97. The molecule has 1 aliphatic heterocycles. The molecule has 29 heavy (non-hydrogen) atoms. The molecule has 1 saturated heterocycles. The zero-order valence-corrected chi connectivity index (χ0v) is 18.0. The fraction of sp³-hybridized carbons (Fsp3) is 0.450. The third-order valence-electron chi connectivity index (χ3n) is 5.09. The Bertz CT molecular complexity index is 1000. The predicted molar refractivity (Wildman–Crippen MR) is 111 cm³/mol. The molecule has 0 saturated carbocycles. The standard InChI is InChI=1S/C20H22N4O3S2/c1-12-18(13(2)25)29-20(21-12)14-7-9-24(10-8-14)17(26)6-5-16-22-19(23-27-16)15-4-3-11-28-15/h3-4,11,14H,5-10H2,1-2H3. The number of piperidine rings is 1. The van der Waals surface area contributed by atoms with Crippen LogP contribution < -0.4 is 0 Å². The Hall–Kier alpha value is -2.39. The van der Waals surface area contributed by atoms with Gasteiger partial charge in [0.05, 0.1) is 20.5 Å². The van der Waals surface area contributed by atoms with E-state index in [9.17, 15) is 9.59 Å². The van der Waals surface area contributed by atoms with Crippen LogP contribution in [0, 0.1) is 6.92 Å². The summed E-state index contributed by atoms with van der Waals surface area (Å²) in [7, 11) is 0. The molecule has 7 nitrogen and oxygen atoms in total. The van der Waals surface area contributed by atoms with Gasteiger partial charge in [-0.15, -0.1) is 22.7 Å². The van der Waals surface area contributed by atoms with Crippen LogP contribution in [0.3, 0.4) is 0 Å². The highest BCUT2D eigenvalue weighted by Crippen LogP contribution is 2.33. The smallest absolute Gasteiger partial charge is 0.227 e. The number of carbonyl (C=O) groups is 2. The van der Waals surface area contributed by atoms with E-state index in [-0.39, 0.29) is 11.7 Å². The molecule has 3 aromatic heterocycles. The molecule has 9 heteroatoms. The lowest BCUT2D eigenvalue weighted by Crippen LogP contribution is -2.38. The van der Waals surface area contributed by atoms with E-state index in [1.54, 1.807) is 18.3 Å². The van der Waals surface area contributed by atoms with Crippen LogP contribution in [0.5, 0.6) is 0 Å². The summed E-state index contributed by atoms with van der Waals surface area (Å²) in [5.74, 6) is 1.57. The number of thiazole rings is 1. The number of aromatic nitrogens is 3. The zero-order valence-electron chi connectivity index (χ0n) is 16.4. The van der Waals surface area contributed by atoms with Crippen LogP contribution in [0.25, 0.3) is 10.7 Å². The van der Waals surface area contributed by atoms with Crippen molar-refractivity contribution in [1.29, 1.82) is 0 Å². The third kappa shape index (κ3) is 4.45. The molecule has 0 N–H and O–H groups in total. The van der Waals surface area contributed by atoms with Crippen LogP contribution >= 0.6 is 22.7 Å². The van der Waals surface area contributed by atoms with E-state index in [2.05, 4.69) is 15.1 Å². The van der Waals surface area contributed by atoms with Gasteiger partial charge < -0.3 is 9.42 Å². The van der Waals surface area contributed by atoms with Gasteiger partial charge >= 0.3 is 0 Å². The highest BCUT2D eigenvalue weighted by atomic mass is 32.1. The van der Waals surface area contributed by atoms with Crippen LogP contribution in [-0.2, 0) is 11.2 Å². The second kappa shape index (κ2) is 8.54. The first-order valence-electron chi connectivity index (χ1n) is 9.63. The van der Waals surface area contributed by atoms with Crippen LogP contribution in [0.2, 0.25) is 0 Å². The summed E-state index contributed by atoms with van der Waals surface area (Å²) in [5.41, 5.74) is 0.817. The van der Waals surface area contributed by atoms with Gasteiger partial charge in [-0.2, -0.15) is 4.98 Å². The van der Waals surface area contributed by atoms with Crippen molar-refractivity contribution in [1.82, 2.24) is 20.0 Å². The van der Waals surface area contributed by atoms with E-state index < -0.39 is 0 Å². The fourth-order valence-electron chi connectivity index (χ4n) is 3.53. The molecule has 0 atom stereocenters. The molecular weight excluding hydrogens is 408 g/mol. The van der Waals surface area contributed by atoms with E-state index >= 15 is 0 Å². The number of amides is 1. The van der Waals surface area contributed by atoms with Gasteiger partial charge in [0.1, 0.15) is 0 Å². The summed E-state index contributed by atoms with van der Waals surface area (Å²) in [6.07, 6.45) is 2.56.